The van der Waals surface area contributed by atoms with Gasteiger partial charge in [-0.05, 0) is 41.5 Å². The molecular formula is C13H26N2O3. The monoisotopic (exact) mass is 258 g/mol. The molecule has 106 valence electrons. The lowest BCUT2D eigenvalue weighted by molar-refractivity contribution is -0.158. The summed E-state index contributed by atoms with van der Waals surface area (Å²) in [5, 5.41) is 5.68. The molecule has 0 aromatic carbocycles. The SMILES string of the molecule is CNC(=O)C(C)(CC(=O)OC(C)(C)C)NC(C)C. The summed E-state index contributed by atoms with van der Waals surface area (Å²) in [5.41, 5.74) is -1.50. The Bertz CT molecular complexity index is 308. The highest BCUT2D eigenvalue weighted by Crippen LogP contribution is 2.16. The minimum atomic E-state index is -0.953. The Morgan fingerprint density at radius 1 is 1.17 bits per heavy atom. The molecule has 0 spiro atoms. The van der Waals surface area contributed by atoms with Crippen molar-refractivity contribution in [2.24, 2.45) is 0 Å². The van der Waals surface area contributed by atoms with Crippen molar-refractivity contribution in [3.8, 4) is 0 Å². The van der Waals surface area contributed by atoms with Gasteiger partial charge in [-0.15, -0.1) is 0 Å². The average molecular weight is 258 g/mol. The molecule has 0 bridgehead atoms. The molecule has 1 amide bonds. The molecular weight excluding hydrogens is 232 g/mol. The second-order valence-corrected chi connectivity index (χ2v) is 5.97. The van der Waals surface area contributed by atoms with Gasteiger partial charge < -0.3 is 15.4 Å². The van der Waals surface area contributed by atoms with Crippen LogP contribution in [0.4, 0.5) is 0 Å². The number of rotatable bonds is 5. The quantitative estimate of drug-likeness (QED) is 0.728. The Kier molecular flexibility index (Phi) is 5.80. The normalized spacial score (nSPS) is 15.1. The molecule has 2 N–H and O–H groups in total. The van der Waals surface area contributed by atoms with Crippen molar-refractivity contribution in [1.82, 2.24) is 10.6 Å². The van der Waals surface area contributed by atoms with Crippen LogP contribution in [0, 0.1) is 0 Å². The van der Waals surface area contributed by atoms with Gasteiger partial charge in [-0.2, -0.15) is 0 Å². The van der Waals surface area contributed by atoms with Crippen LogP contribution in [0.3, 0.4) is 0 Å². The molecule has 0 aliphatic rings. The van der Waals surface area contributed by atoms with Crippen molar-refractivity contribution in [2.75, 3.05) is 7.05 Å². The number of hydrogen-bond donors (Lipinski definition) is 2. The van der Waals surface area contributed by atoms with E-state index in [0.29, 0.717) is 0 Å². The van der Waals surface area contributed by atoms with E-state index in [0.717, 1.165) is 0 Å². The average Bonchev–Trinajstić information content (AvgIpc) is 2.11. The van der Waals surface area contributed by atoms with E-state index in [1.54, 1.807) is 34.7 Å². The molecule has 5 heteroatoms. The van der Waals surface area contributed by atoms with Gasteiger partial charge in [-0.25, -0.2) is 0 Å². The number of carbonyl (C=O) groups excluding carboxylic acids is 2. The van der Waals surface area contributed by atoms with Gasteiger partial charge in [0.05, 0.1) is 6.42 Å². The number of esters is 1. The highest BCUT2D eigenvalue weighted by Gasteiger charge is 2.36. The first-order valence-electron chi connectivity index (χ1n) is 6.22. The molecule has 0 radical (unpaired) electrons. The number of hydrogen-bond acceptors (Lipinski definition) is 4. The molecule has 0 aromatic rings. The van der Waals surface area contributed by atoms with Crippen LogP contribution in [0.1, 0.15) is 48.0 Å². The summed E-state index contributed by atoms with van der Waals surface area (Å²) in [4.78, 5) is 23.7. The van der Waals surface area contributed by atoms with Gasteiger partial charge in [-0.3, -0.25) is 9.59 Å². The maximum Gasteiger partial charge on any atom is 0.308 e. The number of amides is 1. The second-order valence-electron chi connectivity index (χ2n) is 5.97. The van der Waals surface area contributed by atoms with Crippen LogP contribution in [-0.2, 0) is 14.3 Å². The fraction of sp³-hybridized carbons (Fsp3) is 0.846. The van der Waals surface area contributed by atoms with Crippen LogP contribution in [0.25, 0.3) is 0 Å². The fourth-order valence-electron chi connectivity index (χ4n) is 1.78. The summed E-state index contributed by atoms with van der Waals surface area (Å²) < 4.78 is 5.25. The summed E-state index contributed by atoms with van der Waals surface area (Å²) in [6, 6.07) is 0.0923. The van der Waals surface area contributed by atoms with Crippen LogP contribution in [0.5, 0.6) is 0 Å². The van der Waals surface area contributed by atoms with E-state index in [2.05, 4.69) is 10.6 Å². The van der Waals surface area contributed by atoms with E-state index < -0.39 is 11.1 Å². The predicted molar refractivity (Wildman–Crippen MR) is 71.2 cm³/mol. The van der Waals surface area contributed by atoms with Gasteiger partial charge in [0.15, 0.2) is 0 Å². The molecule has 0 aliphatic heterocycles. The van der Waals surface area contributed by atoms with E-state index >= 15 is 0 Å². The molecule has 0 heterocycles. The van der Waals surface area contributed by atoms with Crippen molar-refractivity contribution in [2.45, 2.75) is 65.1 Å². The Labute approximate surface area is 110 Å². The smallest absolute Gasteiger partial charge is 0.308 e. The standard InChI is InChI=1S/C13H26N2O3/c1-9(2)15-13(6,11(17)14-7)8-10(16)18-12(3,4)5/h9,15H,8H2,1-7H3,(H,14,17). The van der Waals surface area contributed by atoms with Crippen molar-refractivity contribution in [3.63, 3.8) is 0 Å². The van der Waals surface area contributed by atoms with Crippen molar-refractivity contribution >= 4 is 11.9 Å². The molecule has 0 fully saturated rings. The van der Waals surface area contributed by atoms with E-state index in [1.165, 1.54) is 0 Å². The van der Waals surface area contributed by atoms with Gasteiger partial charge in [0, 0.05) is 13.1 Å². The molecule has 0 aromatic heterocycles. The lowest BCUT2D eigenvalue weighted by Gasteiger charge is -2.31. The van der Waals surface area contributed by atoms with Crippen molar-refractivity contribution < 1.29 is 14.3 Å². The Balaban J connectivity index is 4.80. The van der Waals surface area contributed by atoms with Crippen LogP contribution < -0.4 is 10.6 Å². The van der Waals surface area contributed by atoms with Gasteiger partial charge in [0.1, 0.15) is 11.1 Å². The predicted octanol–water partition coefficient (Wildman–Crippen LogP) is 1.22. The third-order valence-electron chi connectivity index (χ3n) is 2.25. The fourth-order valence-corrected chi connectivity index (χ4v) is 1.78. The molecule has 0 saturated carbocycles. The maximum absolute atomic E-state index is 11.9. The summed E-state index contributed by atoms with van der Waals surface area (Å²) in [5.74, 6) is -0.608. The van der Waals surface area contributed by atoms with Crippen molar-refractivity contribution in [3.05, 3.63) is 0 Å². The third kappa shape index (κ3) is 6.00. The number of carbonyl (C=O) groups is 2. The number of nitrogens with one attached hydrogen (secondary N) is 2. The summed E-state index contributed by atoms with van der Waals surface area (Å²) >= 11 is 0. The zero-order chi connectivity index (χ0) is 14.6. The van der Waals surface area contributed by atoms with Gasteiger partial charge in [0.2, 0.25) is 5.91 Å². The van der Waals surface area contributed by atoms with E-state index in [4.69, 9.17) is 4.74 Å². The molecule has 18 heavy (non-hydrogen) atoms. The van der Waals surface area contributed by atoms with Crippen LogP contribution in [-0.4, -0.2) is 36.1 Å². The zero-order valence-electron chi connectivity index (χ0n) is 12.5. The van der Waals surface area contributed by atoms with Crippen molar-refractivity contribution in [1.29, 1.82) is 0 Å². The van der Waals surface area contributed by atoms with Crippen LogP contribution in [0.2, 0.25) is 0 Å². The first-order chi connectivity index (χ1) is 8.00. The summed E-state index contributed by atoms with van der Waals surface area (Å²) in [6.07, 6.45) is 0.00211. The van der Waals surface area contributed by atoms with E-state index in [1.807, 2.05) is 13.8 Å². The largest absolute Gasteiger partial charge is 0.460 e. The van der Waals surface area contributed by atoms with E-state index in [9.17, 15) is 9.59 Å². The van der Waals surface area contributed by atoms with Gasteiger partial charge in [-0.1, -0.05) is 0 Å². The second kappa shape index (κ2) is 6.18. The lowest BCUT2D eigenvalue weighted by Crippen LogP contribution is -2.57. The number of ether oxygens (including phenoxy) is 1. The molecule has 1 unspecified atom stereocenters. The first kappa shape index (κ1) is 16.9. The first-order valence-corrected chi connectivity index (χ1v) is 6.22. The minimum absolute atomic E-state index is 0.00211. The van der Waals surface area contributed by atoms with Gasteiger partial charge in [0.25, 0.3) is 0 Å². The highest BCUT2D eigenvalue weighted by molar-refractivity contribution is 5.90. The molecule has 0 rings (SSSR count). The molecule has 0 aliphatic carbocycles. The Morgan fingerprint density at radius 3 is 2.00 bits per heavy atom. The Morgan fingerprint density at radius 2 is 1.67 bits per heavy atom. The topological polar surface area (TPSA) is 67.4 Å². The number of likely N-dealkylation sites (N-methyl/N-ethyl adjacent to an activating group) is 1. The lowest BCUT2D eigenvalue weighted by atomic mass is 9.95. The maximum atomic E-state index is 11.9. The summed E-state index contributed by atoms with van der Waals surface area (Å²) in [6.45, 7) is 11.0. The van der Waals surface area contributed by atoms with Crippen LogP contribution >= 0.6 is 0 Å². The van der Waals surface area contributed by atoms with E-state index in [-0.39, 0.29) is 24.3 Å². The Hall–Kier alpha value is -1.10. The third-order valence-corrected chi connectivity index (χ3v) is 2.25. The molecule has 0 saturated heterocycles. The summed E-state index contributed by atoms with van der Waals surface area (Å²) in [7, 11) is 1.55. The molecule has 1 atom stereocenters. The van der Waals surface area contributed by atoms with Gasteiger partial charge >= 0.3 is 5.97 Å². The minimum Gasteiger partial charge on any atom is -0.460 e. The zero-order valence-corrected chi connectivity index (χ0v) is 12.5. The molecule has 5 nitrogen and oxygen atoms in total. The van der Waals surface area contributed by atoms with Crippen LogP contribution in [0.15, 0.2) is 0 Å². The highest BCUT2D eigenvalue weighted by atomic mass is 16.6.